The van der Waals surface area contributed by atoms with Gasteiger partial charge in [0.2, 0.25) is 0 Å². The van der Waals surface area contributed by atoms with Gasteiger partial charge in [0.15, 0.2) is 0 Å². The Kier molecular flexibility index (Phi) is 10.2. The van der Waals surface area contributed by atoms with Crippen LogP contribution in [-0.2, 0) is 11.0 Å². The number of carbonyl (C=O) groups is 1. The van der Waals surface area contributed by atoms with Gasteiger partial charge in [-0.15, -0.1) is 0 Å². The van der Waals surface area contributed by atoms with E-state index in [9.17, 15) is 23.1 Å². The molecule has 0 saturated heterocycles. The number of allylic oxidation sites excluding steroid dienone is 3. The fraction of sp³-hybridized carbons (Fsp3) is 0.444. The molecule has 3 aromatic rings. The Bertz CT molecular complexity index is 1490. The summed E-state index contributed by atoms with van der Waals surface area (Å²) in [7, 11) is 0. The van der Waals surface area contributed by atoms with Crippen molar-refractivity contribution in [2.75, 3.05) is 6.54 Å². The SMILES string of the molecule is CCC[C@H](C1=CCC(C(O)NCCC(=O)O)C=C1)C(c1ccc(C2CCCC2)cc1)c1cnc2cc(C(F)(F)F)ccc2c1. The molecule has 0 spiro atoms. The Morgan fingerprint density at radius 3 is 2.45 bits per heavy atom. The van der Waals surface area contributed by atoms with Gasteiger partial charge in [-0.2, -0.15) is 13.2 Å². The fourth-order valence-electron chi connectivity index (χ4n) is 6.85. The van der Waals surface area contributed by atoms with Crippen molar-refractivity contribution in [1.82, 2.24) is 10.3 Å². The molecule has 1 aromatic heterocycles. The van der Waals surface area contributed by atoms with E-state index in [0.717, 1.165) is 41.7 Å². The predicted molar refractivity (Wildman–Crippen MR) is 166 cm³/mol. The second-order valence-electron chi connectivity index (χ2n) is 12.2. The van der Waals surface area contributed by atoms with Gasteiger partial charge in [-0.1, -0.05) is 74.7 Å². The number of carboxylic acids is 1. The first kappa shape index (κ1) is 31.9. The highest BCUT2D eigenvalue weighted by molar-refractivity contribution is 5.80. The summed E-state index contributed by atoms with van der Waals surface area (Å²) in [6.07, 6.45) is 10.00. The smallest absolute Gasteiger partial charge is 0.416 e. The molecule has 3 unspecified atom stereocenters. The van der Waals surface area contributed by atoms with Crippen LogP contribution in [0.4, 0.5) is 13.2 Å². The third kappa shape index (κ3) is 7.59. The molecule has 1 heterocycles. The molecule has 3 N–H and O–H groups in total. The number of rotatable bonds is 12. The van der Waals surface area contributed by atoms with Crippen LogP contribution in [0.2, 0.25) is 0 Å². The summed E-state index contributed by atoms with van der Waals surface area (Å²) in [5.41, 5.74) is 4.21. The number of halogens is 3. The Morgan fingerprint density at radius 1 is 1.07 bits per heavy atom. The molecular weight excluding hydrogens is 565 g/mol. The standard InChI is InChI=1S/C36H41F3N2O3/c1-2-5-31(25-10-14-27(15-11-25)35(44)40-19-18-33(42)43)34(26-12-8-24(9-13-26)23-6-3-4-7-23)29-20-28-16-17-30(36(37,38)39)21-32(28)41-22-29/h8-14,16-17,20-23,27,31,34-35,40,44H,2-7,15,18-19H2,1H3,(H,42,43)/t27?,31-,34?,35?/m1/s1. The van der Waals surface area contributed by atoms with E-state index in [1.807, 2.05) is 12.1 Å². The molecule has 4 atom stereocenters. The Morgan fingerprint density at radius 2 is 1.82 bits per heavy atom. The summed E-state index contributed by atoms with van der Waals surface area (Å²) in [5, 5.41) is 23.1. The van der Waals surface area contributed by atoms with Gasteiger partial charge in [0.1, 0.15) is 6.23 Å². The number of hydrogen-bond donors (Lipinski definition) is 3. The van der Waals surface area contributed by atoms with E-state index < -0.39 is 23.9 Å². The molecule has 5 rings (SSSR count). The first-order valence-corrected chi connectivity index (χ1v) is 15.7. The normalized spacial score (nSPS) is 19.6. The van der Waals surface area contributed by atoms with Gasteiger partial charge in [-0.25, -0.2) is 0 Å². The number of aliphatic hydroxyl groups is 1. The number of carboxylic acid groups (broad SMARTS) is 1. The number of aliphatic hydroxyl groups excluding tert-OH is 1. The molecule has 0 amide bonds. The van der Waals surface area contributed by atoms with Gasteiger partial charge < -0.3 is 10.2 Å². The van der Waals surface area contributed by atoms with E-state index >= 15 is 0 Å². The molecule has 1 saturated carbocycles. The zero-order valence-electron chi connectivity index (χ0n) is 25.1. The third-order valence-corrected chi connectivity index (χ3v) is 9.20. The summed E-state index contributed by atoms with van der Waals surface area (Å²) < 4.78 is 40.1. The lowest BCUT2D eigenvalue weighted by atomic mass is 9.73. The Labute approximate surface area is 256 Å². The minimum absolute atomic E-state index is 0.0638. The quantitative estimate of drug-likeness (QED) is 0.181. The highest BCUT2D eigenvalue weighted by Crippen LogP contribution is 2.43. The summed E-state index contributed by atoms with van der Waals surface area (Å²) in [4.78, 5) is 15.4. The number of benzene rings is 2. The second kappa shape index (κ2) is 14.1. The molecule has 0 radical (unpaired) electrons. The first-order chi connectivity index (χ1) is 21.1. The molecule has 234 valence electrons. The Hall–Kier alpha value is -3.49. The lowest BCUT2D eigenvalue weighted by Crippen LogP contribution is -2.37. The highest BCUT2D eigenvalue weighted by atomic mass is 19.4. The molecule has 2 aromatic carbocycles. The third-order valence-electron chi connectivity index (χ3n) is 9.20. The maximum atomic E-state index is 13.4. The average Bonchev–Trinajstić information content (AvgIpc) is 3.55. The van der Waals surface area contributed by atoms with Gasteiger partial charge in [-0.05, 0) is 78.0 Å². The van der Waals surface area contributed by atoms with E-state index in [1.165, 1.54) is 37.3 Å². The average molecular weight is 607 g/mol. The van der Waals surface area contributed by atoms with Crippen molar-refractivity contribution in [3.63, 3.8) is 0 Å². The van der Waals surface area contributed by atoms with Crippen LogP contribution in [0.1, 0.15) is 92.4 Å². The largest absolute Gasteiger partial charge is 0.481 e. The molecule has 2 aliphatic carbocycles. The van der Waals surface area contributed by atoms with Crippen LogP contribution in [0.25, 0.3) is 10.9 Å². The van der Waals surface area contributed by atoms with E-state index in [-0.39, 0.29) is 30.7 Å². The number of aliphatic carboxylic acids is 1. The monoisotopic (exact) mass is 606 g/mol. The van der Waals surface area contributed by atoms with Gasteiger partial charge >= 0.3 is 12.1 Å². The number of nitrogens with one attached hydrogen (secondary N) is 1. The number of nitrogens with zero attached hydrogens (tertiary/aromatic N) is 1. The van der Waals surface area contributed by atoms with Crippen molar-refractivity contribution < 1.29 is 28.2 Å². The maximum absolute atomic E-state index is 13.4. The van der Waals surface area contributed by atoms with Gasteiger partial charge in [0, 0.05) is 30.0 Å². The van der Waals surface area contributed by atoms with Crippen molar-refractivity contribution in [3.8, 4) is 0 Å². The molecule has 2 aliphatic rings. The van der Waals surface area contributed by atoms with Gasteiger partial charge in [0.05, 0.1) is 17.5 Å². The highest BCUT2D eigenvalue weighted by Gasteiger charge is 2.32. The fourth-order valence-corrected chi connectivity index (χ4v) is 6.85. The minimum Gasteiger partial charge on any atom is -0.481 e. The summed E-state index contributed by atoms with van der Waals surface area (Å²) in [6, 6.07) is 14.6. The van der Waals surface area contributed by atoms with Crippen molar-refractivity contribution >= 4 is 16.9 Å². The van der Waals surface area contributed by atoms with Crippen LogP contribution in [-0.4, -0.2) is 33.9 Å². The molecule has 0 bridgehead atoms. The maximum Gasteiger partial charge on any atom is 0.416 e. The van der Waals surface area contributed by atoms with Crippen LogP contribution >= 0.6 is 0 Å². The van der Waals surface area contributed by atoms with Crippen LogP contribution < -0.4 is 5.32 Å². The molecule has 5 nitrogen and oxygen atoms in total. The molecule has 8 heteroatoms. The van der Waals surface area contributed by atoms with Gasteiger partial charge in [0.25, 0.3) is 0 Å². The summed E-state index contributed by atoms with van der Waals surface area (Å²) >= 11 is 0. The number of hydrogen-bond acceptors (Lipinski definition) is 4. The van der Waals surface area contributed by atoms with Crippen LogP contribution in [0, 0.1) is 11.8 Å². The topological polar surface area (TPSA) is 82.5 Å². The number of alkyl halides is 3. The molecule has 1 fully saturated rings. The summed E-state index contributed by atoms with van der Waals surface area (Å²) in [5.74, 6) is -0.488. The first-order valence-electron chi connectivity index (χ1n) is 15.7. The van der Waals surface area contributed by atoms with E-state index in [0.29, 0.717) is 23.2 Å². The van der Waals surface area contributed by atoms with Crippen LogP contribution in [0.15, 0.2) is 78.5 Å². The van der Waals surface area contributed by atoms with Crippen LogP contribution in [0.3, 0.4) is 0 Å². The van der Waals surface area contributed by atoms with E-state index in [4.69, 9.17) is 5.11 Å². The zero-order chi connectivity index (χ0) is 31.3. The van der Waals surface area contributed by atoms with Crippen molar-refractivity contribution in [1.29, 1.82) is 0 Å². The van der Waals surface area contributed by atoms with Gasteiger partial charge in [-0.3, -0.25) is 15.1 Å². The van der Waals surface area contributed by atoms with E-state index in [2.05, 4.69) is 53.6 Å². The van der Waals surface area contributed by atoms with E-state index in [1.54, 1.807) is 6.20 Å². The van der Waals surface area contributed by atoms with Crippen molar-refractivity contribution in [3.05, 3.63) is 101 Å². The Balaban J connectivity index is 1.48. The lowest BCUT2D eigenvalue weighted by molar-refractivity contribution is -0.138. The van der Waals surface area contributed by atoms with Crippen molar-refractivity contribution in [2.45, 2.75) is 82.5 Å². The predicted octanol–water partition coefficient (Wildman–Crippen LogP) is 8.34. The van der Waals surface area contributed by atoms with Crippen molar-refractivity contribution in [2.24, 2.45) is 11.8 Å². The minimum atomic E-state index is -4.43. The number of aromatic nitrogens is 1. The number of pyridine rings is 1. The number of fused-ring (bicyclic) bond motifs is 1. The summed E-state index contributed by atoms with van der Waals surface area (Å²) in [6.45, 7) is 2.34. The molecule has 44 heavy (non-hydrogen) atoms. The zero-order valence-corrected chi connectivity index (χ0v) is 25.1. The second-order valence-corrected chi connectivity index (χ2v) is 12.2. The van der Waals surface area contributed by atoms with Crippen LogP contribution in [0.5, 0.6) is 0 Å². The lowest BCUT2D eigenvalue weighted by Gasteiger charge is -2.32. The molecular formula is C36H41F3N2O3. The molecule has 0 aliphatic heterocycles.